The smallest absolute Gasteiger partial charge is 0.322 e. The van der Waals surface area contributed by atoms with E-state index in [1.54, 1.807) is 29.2 Å². The first-order valence-electron chi connectivity index (χ1n) is 8.60. The topological polar surface area (TPSA) is 92.6 Å². The normalized spacial score (nSPS) is 12.9. The fraction of sp³-hybridized carbons (Fsp3) is 0.100. The quantitative estimate of drug-likeness (QED) is 0.394. The molecule has 1 aromatic heterocycles. The predicted octanol–water partition coefficient (Wildman–Crippen LogP) is 4.44. The van der Waals surface area contributed by atoms with Crippen LogP contribution in [0.5, 0.6) is 0 Å². The van der Waals surface area contributed by atoms with Crippen LogP contribution in [-0.4, -0.2) is 23.3 Å². The highest BCUT2D eigenvalue weighted by Crippen LogP contribution is 2.40. The number of benzene rings is 2. The third kappa shape index (κ3) is 2.93. The van der Waals surface area contributed by atoms with Crippen molar-refractivity contribution in [1.29, 1.82) is 0 Å². The first-order valence-corrected chi connectivity index (χ1v) is 9.42. The van der Waals surface area contributed by atoms with Crippen molar-refractivity contribution in [1.82, 2.24) is 0 Å². The standard InChI is InChI=1S/C20H15N3O4S/c1-2-22-16-9-8-15(13-4-3-5-14(19(13)16)20(22)25)21-17(24)10-6-12-7-11-18(28-12)23(26)27/h3-11H,2H2,1H3,(H,21,24). The number of amides is 2. The summed E-state index contributed by atoms with van der Waals surface area (Å²) in [6, 6.07) is 12.1. The molecule has 0 atom stereocenters. The molecule has 7 nitrogen and oxygen atoms in total. The Morgan fingerprint density at radius 2 is 2.07 bits per heavy atom. The summed E-state index contributed by atoms with van der Waals surface area (Å²) in [5, 5.41) is 15.2. The number of carbonyl (C=O) groups is 2. The van der Waals surface area contributed by atoms with Crippen LogP contribution in [-0.2, 0) is 4.79 Å². The van der Waals surface area contributed by atoms with E-state index in [2.05, 4.69) is 5.32 Å². The number of hydrogen-bond acceptors (Lipinski definition) is 5. The summed E-state index contributed by atoms with van der Waals surface area (Å²) in [5.74, 6) is -0.390. The van der Waals surface area contributed by atoms with Gasteiger partial charge in [0.1, 0.15) is 0 Å². The zero-order valence-electron chi connectivity index (χ0n) is 14.8. The monoisotopic (exact) mass is 393 g/mol. The zero-order chi connectivity index (χ0) is 19.8. The average molecular weight is 393 g/mol. The minimum atomic E-state index is -0.463. The molecule has 0 saturated heterocycles. The highest BCUT2D eigenvalue weighted by molar-refractivity contribution is 7.16. The van der Waals surface area contributed by atoms with Gasteiger partial charge in [-0.1, -0.05) is 23.5 Å². The molecular formula is C20H15N3O4S. The molecule has 28 heavy (non-hydrogen) atoms. The van der Waals surface area contributed by atoms with Crippen LogP contribution in [0.1, 0.15) is 22.2 Å². The number of nitro groups is 1. The Balaban J connectivity index is 1.61. The van der Waals surface area contributed by atoms with Gasteiger partial charge in [0, 0.05) is 45.6 Å². The number of thiophene rings is 1. The van der Waals surface area contributed by atoms with Crippen molar-refractivity contribution < 1.29 is 14.5 Å². The minimum absolute atomic E-state index is 0.0257. The minimum Gasteiger partial charge on any atom is -0.322 e. The lowest BCUT2D eigenvalue weighted by atomic mass is 10.0. The first-order chi connectivity index (χ1) is 13.5. The van der Waals surface area contributed by atoms with E-state index in [0.717, 1.165) is 27.8 Å². The number of rotatable bonds is 5. The fourth-order valence-corrected chi connectivity index (χ4v) is 4.06. The predicted molar refractivity (Wildman–Crippen MR) is 110 cm³/mol. The van der Waals surface area contributed by atoms with Crippen molar-refractivity contribution >= 4 is 56.4 Å². The molecule has 1 aliphatic rings. The molecule has 0 aliphatic carbocycles. The van der Waals surface area contributed by atoms with Gasteiger partial charge in [-0.3, -0.25) is 19.7 Å². The molecule has 0 spiro atoms. The number of nitrogens with zero attached hydrogens (tertiary/aromatic N) is 2. The van der Waals surface area contributed by atoms with E-state index in [1.807, 2.05) is 19.1 Å². The number of nitrogens with one attached hydrogen (secondary N) is 1. The fourth-order valence-electron chi connectivity index (χ4n) is 3.33. The van der Waals surface area contributed by atoms with E-state index in [1.165, 1.54) is 18.2 Å². The SMILES string of the molecule is CCN1C(=O)c2cccc3c(NC(=O)C=Cc4ccc([N+](=O)[O-])s4)ccc1c23. The van der Waals surface area contributed by atoms with Crippen LogP contribution in [0, 0.1) is 10.1 Å². The molecule has 1 N–H and O–H groups in total. The second-order valence-corrected chi connectivity index (χ2v) is 7.26. The maximum absolute atomic E-state index is 12.5. The summed E-state index contributed by atoms with van der Waals surface area (Å²) in [5.41, 5.74) is 2.09. The molecule has 0 unspecified atom stereocenters. The third-order valence-electron chi connectivity index (χ3n) is 4.55. The van der Waals surface area contributed by atoms with Crippen molar-refractivity contribution in [2.24, 2.45) is 0 Å². The van der Waals surface area contributed by atoms with Gasteiger partial charge in [0.05, 0.1) is 10.6 Å². The van der Waals surface area contributed by atoms with Gasteiger partial charge < -0.3 is 10.2 Å². The van der Waals surface area contributed by atoms with Crippen molar-refractivity contribution in [2.75, 3.05) is 16.8 Å². The van der Waals surface area contributed by atoms with E-state index in [0.29, 0.717) is 22.7 Å². The lowest BCUT2D eigenvalue weighted by molar-refractivity contribution is -0.380. The van der Waals surface area contributed by atoms with Crippen LogP contribution in [0.4, 0.5) is 16.4 Å². The molecule has 140 valence electrons. The number of hydrogen-bond donors (Lipinski definition) is 1. The van der Waals surface area contributed by atoms with Crippen LogP contribution >= 0.6 is 11.3 Å². The Morgan fingerprint density at radius 3 is 2.79 bits per heavy atom. The summed E-state index contributed by atoms with van der Waals surface area (Å²) in [6.45, 7) is 2.50. The molecule has 0 fully saturated rings. The first kappa shape index (κ1) is 17.9. The molecule has 1 aliphatic heterocycles. The van der Waals surface area contributed by atoms with Gasteiger partial charge in [-0.2, -0.15) is 0 Å². The molecule has 2 heterocycles. The summed E-state index contributed by atoms with van der Waals surface area (Å²) in [7, 11) is 0. The van der Waals surface area contributed by atoms with E-state index < -0.39 is 4.92 Å². The molecular weight excluding hydrogens is 378 g/mol. The molecule has 2 amide bonds. The largest absolute Gasteiger partial charge is 0.324 e. The van der Waals surface area contributed by atoms with Gasteiger partial charge in [0.15, 0.2) is 0 Å². The van der Waals surface area contributed by atoms with E-state index in [4.69, 9.17) is 0 Å². The van der Waals surface area contributed by atoms with Crippen LogP contribution in [0.3, 0.4) is 0 Å². The molecule has 8 heteroatoms. The van der Waals surface area contributed by atoms with Crippen LogP contribution in [0.15, 0.2) is 48.5 Å². The number of anilines is 2. The highest BCUT2D eigenvalue weighted by atomic mass is 32.1. The van der Waals surface area contributed by atoms with Gasteiger partial charge >= 0.3 is 5.00 Å². The second-order valence-electron chi connectivity index (χ2n) is 6.17. The van der Waals surface area contributed by atoms with Crippen LogP contribution in [0.2, 0.25) is 0 Å². The maximum Gasteiger partial charge on any atom is 0.324 e. The summed E-state index contributed by atoms with van der Waals surface area (Å²) >= 11 is 0.998. The average Bonchev–Trinajstić information content (AvgIpc) is 3.27. The van der Waals surface area contributed by atoms with Crippen molar-refractivity contribution in [3.8, 4) is 0 Å². The lowest BCUT2D eigenvalue weighted by Crippen LogP contribution is -2.25. The maximum atomic E-state index is 12.5. The second kappa shape index (κ2) is 6.90. The summed E-state index contributed by atoms with van der Waals surface area (Å²) in [4.78, 5) is 37.5. The van der Waals surface area contributed by atoms with E-state index in [9.17, 15) is 19.7 Å². The molecule has 3 aromatic rings. The Bertz CT molecular complexity index is 1170. The van der Waals surface area contributed by atoms with Gasteiger partial charge in [0.25, 0.3) is 5.91 Å². The summed E-state index contributed by atoms with van der Waals surface area (Å²) < 4.78 is 0. The molecule has 0 bridgehead atoms. The molecule has 0 saturated carbocycles. The lowest BCUT2D eigenvalue weighted by Gasteiger charge is -2.15. The van der Waals surface area contributed by atoms with E-state index >= 15 is 0 Å². The zero-order valence-corrected chi connectivity index (χ0v) is 15.7. The summed E-state index contributed by atoms with van der Waals surface area (Å²) in [6.07, 6.45) is 2.87. The number of carbonyl (C=O) groups excluding carboxylic acids is 2. The molecule has 4 rings (SSSR count). The Hall–Kier alpha value is -3.52. The van der Waals surface area contributed by atoms with Gasteiger partial charge in [0.2, 0.25) is 5.91 Å². The third-order valence-corrected chi connectivity index (χ3v) is 5.55. The van der Waals surface area contributed by atoms with Gasteiger partial charge in [-0.05, 0) is 37.3 Å². The Labute approximate surface area is 164 Å². The van der Waals surface area contributed by atoms with Crippen molar-refractivity contribution in [3.05, 3.63) is 69.1 Å². The molecule has 2 aromatic carbocycles. The van der Waals surface area contributed by atoms with E-state index in [-0.39, 0.29) is 16.8 Å². The van der Waals surface area contributed by atoms with Crippen molar-refractivity contribution in [3.63, 3.8) is 0 Å². The van der Waals surface area contributed by atoms with Crippen molar-refractivity contribution in [2.45, 2.75) is 6.92 Å². The van der Waals surface area contributed by atoms with Gasteiger partial charge in [-0.15, -0.1) is 0 Å². The Morgan fingerprint density at radius 1 is 1.25 bits per heavy atom. The van der Waals surface area contributed by atoms with Crippen LogP contribution in [0.25, 0.3) is 16.8 Å². The van der Waals surface area contributed by atoms with Crippen LogP contribution < -0.4 is 10.2 Å². The van der Waals surface area contributed by atoms with Gasteiger partial charge in [-0.25, -0.2) is 0 Å². The highest BCUT2D eigenvalue weighted by Gasteiger charge is 2.29. The molecule has 0 radical (unpaired) electrons. The Kier molecular flexibility index (Phi) is 4.40.